The van der Waals surface area contributed by atoms with E-state index < -0.39 is 0 Å². The highest BCUT2D eigenvalue weighted by atomic mass is 16.5. The number of nitrogens with one attached hydrogen (secondary N) is 3. The van der Waals surface area contributed by atoms with Crippen molar-refractivity contribution in [2.24, 2.45) is 10.1 Å². The molecule has 2 fully saturated rings. The van der Waals surface area contributed by atoms with Crippen LogP contribution in [0.5, 0.6) is 0 Å². The molecule has 1 saturated heterocycles. The average Bonchev–Trinajstić information content (AvgIpc) is 3.62. The number of hydrazone groups is 1. The van der Waals surface area contributed by atoms with Crippen LogP contribution in [0.4, 0.5) is 5.82 Å². The van der Waals surface area contributed by atoms with Crippen molar-refractivity contribution < 1.29 is 9.53 Å². The van der Waals surface area contributed by atoms with E-state index in [1.165, 1.54) is 5.01 Å². The second kappa shape index (κ2) is 9.30. The lowest BCUT2D eigenvalue weighted by Gasteiger charge is -2.27. The van der Waals surface area contributed by atoms with E-state index in [1.807, 2.05) is 18.2 Å². The van der Waals surface area contributed by atoms with E-state index in [-0.39, 0.29) is 18.1 Å². The zero-order valence-corrected chi connectivity index (χ0v) is 18.0. The van der Waals surface area contributed by atoms with Gasteiger partial charge in [-0.15, -0.1) is 0 Å². The smallest absolute Gasteiger partial charge is 0.250 e. The minimum absolute atomic E-state index is 0.0245. The Morgan fingerprint density at radius 2 is 2.13 bits per heavy atom. The summed E-state index contributed by atoms with van der Waals surface area (Å²) >= 11 is 0. The highest BCUT2D eigenvalue weighted by Gasteiger charge is 2.28. The van der Waals surface area contributed by atoms with Crippen LogP contribution in [0.2, 0.25) is 0 Å². The van der Waals surface area contributed by atoms with E-state index in [2.05, 4.69) is 32.8 Å². The Hall–Kier alpha value is -3.20. The SMILES string of the molecule is C=NN1C(NC)=CC(Nc2cccc([C@@H]3CCCCO3)n2)=N/C1=C(/C)C(=O)NC1CC1. The first kappa shape index (κ1) is 21.0. The van der Waals surface area contributed by atoms with Gasteiger partial charge in [-0.25, -0.2) is 9.98 Å². The molecule has 0 aromatic carbocycles. The summed E-state index contributed by atoms with van der Waals surface area (Å²) in [5.74, 6) is 2.12. The first-order chi connectivity index (χ1) is 15.1. The van der Waals surface area contributed by atoms with Crippen molar-refractivity contribution in [3.05, 3.63) is 47.2 Å². The fourth-order valence-corrected chi connectivity index (χ4v) is 3.55. The number of hydrogen-bond donors (Lipinski definition) is 3. The average molecular weight is 424 g/mol. The number of hydrogen-bond acceptors (Lipinski definition) is 8. The highest BCUT2D eigenvalue weighted by Crippen LogP contribution is 2.28. The minimum Gasteiger partial charge on any atom is -0.373 e. The van der Waals surface area contributed by atoms with E-state index >= 15 is 0 Å². The molecule has 0 spiro atoms. The maximum Gasteiger partial charge on any atom is 0.250 e. The van der Waals surface area contributed by atoms with Crippen LogP contribution >= 0.6 is 0 Å². The number of rotatable bonds is 6. The van der Waals surface area contributed by atoms with Crippen LogP contribution in [-0.4, -0.2) is 48.1 Å². The van der Waals surface area contributed by atoms with Gasteiger partial charge in [-0.3, -0.25) is 4.79 Å². The summed E-state index contributed by atoms with van der Waals surface area (Å²) in [6.45, 7) is 6.14. The molecular weight excluding hydrogens is 394 g/mol. The standard InChI is InChI=1S/C22H29N7O2/c1-14(22(30)25-15-10-11-15)21-28-19(13-20(23-2)29(21)24-3)27-18-9-6-7-16(26-18)17-8-4-5-12-31-17/h6-7,9,13,15,17,23H,3-5,8,10-12H2,1-2H3,(H,25,30)(H,26,27,28)/b21-14+/t17-/m0/s1. The Balaban J connectivity index is 1.60. The number of carbonyl (C=O) groups excluding carboxylic acids is 1. The third kappa shape index (κ3) is 4.93. The number of ether oxygens (including phenoxy) is 1. The van der Waals surface area contributed by atoms with Crippen molar-refractivity contribution in [3.8, 4) is 0 Å². The quantitative estimate of drug-likeness (QED) is 0.480. The summed E-state index contributed by atoms with van der Waals surface area (Å²) in [6.07, 6.45) is 7.07. The molecule has 0 radical (unpaired) electrons. The van der Waals surface area contributed by atoms with Gasteiger partial charge in [0.15, 0.2) is 5.82 Å². The third-order valence-electron chi connectivity index (χ3n) is 5.45. The summed E-state index contributed by atoms with van der Waals surface area (Å²) in [5.41, 5.74) is 1.38. The van der Waals surface area contributed by atoms with E-state index in [0.717, 1.165) is 44.4 Å². The lowest BCUT2D eigenvalue weighted by Crippen LogP contribution is -2.34. The number of amides is 1. The molecule has 0 bridgehead atoms. The third-order valence-corrected chi connectivity index (χ3v) is 5.45. The Morgan fingerprint density at radius 3 is 2.81 bits per heavy atom. The fraction of sp³-hybridized carbons (Fsp3) is 0.455. The van der Waals surface area contributed by atoms with Gasteiger partial charge in [0.05, 0.1) is 17.4 Å². The van der Waals surface area contributed by atoms with Gasteiger partial charge in [-0.05, 0) is 51.2 Å². The number of carbonyl (C=O) groups is 1. The molecule has 164 valence electrons. The van der Waals surface area contributed by atoms with Crippen molar-refractivity contribution in [1.82, 2.24) is 20.6 Å². The van der Waals surface area contributed by atoms with Crippen LogP contribution in [0.3, 0.4) is 0 Å². The van der Waals surface area contributed by atoms with E-state index in [0.29, 0.717) is 28.9 Å². The molecule has 1 aromatic heterocycles. The van der Waals surface area contributed by atoms with Crippen molar-refractivity contribution >= 4 is 24.3 Å². The molecular formula is C22H29N7O2. The van der Waals surface area contributed by atoms with Crippen LogP contribution in [0.15, 0.2) is 51.6 Å². The zero-order chi connectivity index (χ0) is 21.8. The number of pyridine rings is 1. The first-order valence-electron chi connectivity index (χ1n) is 10.7. The van der Waals surface area contributed by atoms with Crippen LogP contribution in [0.1, 0.15) is 50.8 Å². The summed E-state index contributed by atoms with van der Waals surface area (Å²) in [4.78, 5) is 22.0. The molecule has 1 aliphatic carbocycles. The van der Waals surface area contributed by atoms with Gasteiger partial charge in [0.25, 0.3) is 5.91 Å². The zero-order valence-electron chi connectivity index (χ0n) is 18.0. The van der Waals surface area contributed by atoms with Gasteiger partial charge >= 0.3 is 0 Å². The molecule has 1 amide bonds. The van der Waals surface area contributed by atoms with Gasteiger partial charge in [0, 0.05) is 32.5 Å². The molecule has 1 saturated carbocycles. The Bertz CT molecular complexity index is 943. The number of amidine groups is 1. The Labute approximate surface area is 182 Å². The summed E-state index contributed by atoms with van der Waals surface area (Å²) < 4.78 is 5.86. The molecule has 4 rings (SSSR count). The Kier molecular flexibility index (Phi) is 6.31. The minimum atomic E-state index is -0.152. The van der Waals surface area contributed by atoms with Crippen LogP contribution in [-0.2, 0) is 9.53 Å². The topological polar surface area (TPSA) is 103 Å². The molecule has 3 N–H and O–H groups in total. The predicted octanol–water partition coefficient (Wildman–Crippen LogP) is 2.64. The molecule has 1 aromatic rings. The van der Waals surface area contributed by atoms with Crippen LogP contribution in [0.25, 0.3) is 0 Å². The number of aliphatic imine (C=N–C) groups is 1. The second-order valence-corrected chi connectivity index (χ2v) is 7.85. The van der Waals surface area contributed by atoms with Crippen molar-refractivity contribution in [3.63, 3.8) is 0 Å². The molecule has 31 heavy (non-hydrogen) atoms. The normalized spacial score (nSPS) is 22.8. The fourth-order valence-electron chi connectivity index (χ4n) is 3.55. The molecule has 0 unspecified atom stereocenters. The molecule has 1 atom stereocenters. The Morgan fingerprint density at radius 1 is 1.29 bits per heavy atom. The first-order valence-corrected chi connectivity index (χ1v) is 10.7. The van der Waals surface area contributed by atoms with E-state index in [9.17, 15) is 4.79 Å². The maximum atomic E-state index is 12.6. The molecule has 2 aliphatic heterocycles. The maximum absolute atomic E-state index is 12.6. The van der Waals surface area contributed by atoms with Crippen molar-refractivity contribution in [2.45, 2.75) is 51.2 Å². The summed E-state index contributed by atoms with van der Waals surface area (Å²) in [6, 6.07) is 6.08. The predicted molar refractivity (Wildman–Crippen MR) is 120 cm³/mol. The summed E-state index contributed by atoms with van der Waals surface area (Å²) in [5, 5.41) is 14.9. The molecule has 9 heteroatoms. The van der Waals surface area contributed by atoms with Gasteiger partial charge in [-0.2, -0.15) is 10.1 Å². The van der Waals surface area contributed by atoms with Gasteiger partial charge < -0.3 is 20.7 Å². The van der Waals surface area contributed by atoms with Gasteiger partial charge in [-0.1, -0.05) is 6.07 Å². The molecule has 3 heterocycles. The highest BCUT2D eigenvalue weighted by molar-refractivity contribution is 6.05. The molecule has 3 aliphatic rings. The van der Waals surface area contributed by atoms with Crippen molar-refractivity contribution in [1.29, 1.82) is 0 Å². The van der Waals surface area contributed by atoms with Gasteiger partial charge in [0.1, 0.15) is 17.5 Å². The molecule has 9 nitrogen and oxygen atoms in total. The lowest BCUT2D eigenvalue weighted by atomic mass is 10.1. The summed E-state index contributed by atoms with van der Waals surface area (Å²) in [7, 11) is 1.78. The largest absolute Gasteiger partial charge is 0.373 e. The van der Waals surface area contributed by atoms with E-state index in [4.69, 9.17) is 9.72 Å². The van der Waals surface area contributed by atoms with Crippen molar-refractivity contribution in [2.75, 3.05) is 19.0 Å². The van der Waals surface area contributed by atoms with Crippen LogP contribution in [0, 0.1) is 0 Å². The monoisotopic (exact) mass is 423 g/mol. The lowest BCUT2D eigenvalue weighted by molar-refractivity contribution is -0.117. The van der Waals surface area contributed by atoms with E-state index in [1.54, 1.807) is 20.0 Å². The number of aromatic nitrogens is 1. The number of nitrogens with zero attached hydrogens (tertiary/aromatic N) is 4. The number of anilines is 1. The second-order valence-electron chi connectivity index (χ2n) is 7.85. The van der Waals surface area contributed by atoms with Crippen LogP contribution < -0.4 is 16.0 Å². The van der Waals surface area contributed by atoms with Gasteiger partial charge in [0.2, 0.25) is 0 Å².